The minimum absolute atomic E-state index is 0.0125. The lowest BCUT2D eigenvalue weighted by Crippen LogP contribution is -2.39. The zero-order valence-corrected chi connectivity index (χ0v) is 17.4. The van der Waals surface area contributed by atoms with E-state index in [1.807, 2.05) is 19.9 Å². The Morgan fingerprint density at radius 3 is 2.55 bits per heavy atom. The van der Waals surface area contributed by atoms with E-state index in [-0.39, 0.29) is 24.8 Å². The van der Waals surface area contributed by atoms with Gasteiger partial charge in [-0.25, -0.2) is 0 Å². The number of rotatable bonds is 5. The van der Waals surface area contributed by atoms with Gasteiger partial charge in [-0.2, -0.15) is 0 Å². The number of carbonyl (C=O) groups excluding carboxylic acids is 2. The lowest BCUT2D eigenvalue weighted by molar-refractivity contribution is -0.127. The molecule has 7 heteroatoms. The summed E-state index contributed by atoms with van der Waals surface area (Å²) in [5.41, 5.74) is 1.47. The van der Waals surface area contributed by atoms with Gasteiger partial charge < -0.3 is 24.4 Å². The van der Waals surface area contributed by atoms with Crippen molar-refractivity contribution in [3.05, 3.63) is 42.0 Å². The molecule has 1 aliphatic heterocycles. The third-order valence-electron chi connectivity index (χ3n) is 4.89. The van der Waals surface area contributed by atoms with Gasteiger partial charge >= 0.3 is 0 Å². The Kier molecular flexibility index (Phi) is 5.68. The van der Waals surface area contributed by atoms with Crippen molar-refractivity contribution in [1.82, 2.24) is 0 Å². The summed E-state index contributed by atoms with van der Waals surface area (Å²) in [5, 5.41) is 2.88. The van der Waals surface area contributed by atoms with Gasteiger partial charge in [-0.15, -0.1) is 0 Å². The van der Waals surface area contributed by atoms with Crippen molar-refractivity contribution < 1.29 is 23.8 Å². The van der Waals surface area contributed by atoms with Crippen LogP contribution in [0.4, 0.5) is 11.4 Å². The molecule has 154 valence electrons. The van der Waals surface area contributed by atoms with Crippen molar-refractivity contribution in [2.75, 3.05) is 38.1 Å². The number of methoxy groups -OCH3 is 2. The quantitative estimate of drug-likeness (QED) is 0.837. The lowest BCUT2D eigenvalue weighted by atomic mass is 9.93. The van der Waals surface area contributed by atoms with E-state index in [9.17, 15) is 9.59 Å². The van der Waals surface area contributed by atoms with Crippen LogP contribution in [0.3, 0.4) is 0 Å². The van der Waals surface area contributed by atoms with Crippen LogP contribution in [0.2, 0.25) is 0 Å². The fourth-order valence-corrected chi connectivity index (χ4v) is 3.25. The maximum atomic E-state index is 12.6. The fraction of sp³-hybridized carbons (Fsp3) is 0.364. The van der Waals surface area contributed by atoms with Crippen molar-refractivity contribution in [3.8, 4) is 17.2 Å². The molecule has 3 rings (SSSR count). The molecular weight excluding hydrogens is 372 g/mol. The van der Waals surface area contributed by atoms with Crippen LogP contribution in [0.15, 0.2) is 36.4 Å². The number of hydrogen-bond donors (Lipinski definition) is 1. The van der Waals surface area contributed by atoms with Crippen LogP contribution in [-0.4, -0.2) is 39.7 Å². The number of amides is 2. The molecule has 0 radical (unpaired) electrons. The highest BCUT2D eigenvalue weighted by Gasteiger charge is 2.36. The summed E-state index contributed by atoms with van der Waals surface area (Å²) in [6.45, 7) is 3.97. The summed E-state index contributed by atoms with van der Waals surface area (Å²) in [6.07, 6.45) is 0.184. The van der Waals surface area contributed by atoms with E-state index < -0.39 is 5.41 Å². The number of nitrogens with zero attached hydrogens (tertiary/aromatic N) is 1. The third kappa shape index (κ3) is 4.29. The Hall–Kier alpha value is -3.22. The molecule has 1 heterocycles. The average Bonchev–Trinajstić information content (AvgIpc) is 2.78. The van der Waals surface area contributed by atoms with Gasteiger partial charge in [-0.1, -0.05) is 6.07 Å². The molecule has 0 saturated heterocycles. The van der Waals surface area contributed by atoms with Gasteiger partial charge in [0.2, 0.25) is 11.8 Å². The number of carbonyl (C=O) groups is 2. The molecule has 1 aliphatic rings. The molecule has 0 unspecified atom stereocenters. The highest BCUT2D eigenvalue weighted by atomic mass is 16.5. The minimum atomic E-state index is -0.620. The summed E-state index contributed by atoms with van der Waals surface area (Å²) in [4.78, 5) is 26.6. The molecule has 0 spiro atoms. The van der Waals surface area contributed by atoms with E-state index in [2.05, 4.69) is 5.32 Å². The molecule has 2 amide bonds. The fourth-order valence-electron chi connectivity index (χ4n) is 3.25. The van der Waals surface area contributed by atoms with E-state index >= 15 is 0 Å². The predicted octanol–water partition coefficient (Wildman–Crippen LogP) is 3.27. The van der Waals surface area contributed by atoms with Gasteiger partial charge in [-0.05, 0) is 43.7 Å². The zero-order chi connectivity index (χ0) is 21.2. The molecule has 0 aromatic heterocycles. The smallest absolute Gasteiger partial charge is 0.235 e. The normalized spacial score (nSPS) is 15.1. The van der Waals surface area contributed by atoms with Crippen LogP contribution in [0, 0.1) is 5.41 Å². The second kappa shape index (κ2) is 8.03. The van der Waals surface area contributed by atoms with Crippen molar-refractivity contribution in [3.63, 3.8) is 0 Å². The van der Waals surface area contributed by atoms with Crippen LogP contribution >= 0.6 is 0 Å². The first kappa shape index (κ1) is 20.5. The molecule has 0 fully saturated rings. The Balaban J connectivity index is 1.74. The molecule has 7 nitrogen and oxygen atoms in total. The number of ether oxygens (including phenoxy) is 3. The van der Waals surface area contributed by atoms with Gasteiger partial charge in [0.1, 0.15) is 12.4 Å². The number of anilines is 2. The largest absolute Gasteiger partial charge is 0.493 e. The zero-order valence-electron chi connectivity index (χ0n) is 17.4. The van der Waals surface area contributed by atoms with Crippen molar-refractivity contribution in [1.29, 1.82) is 0 Å². The van der Waals surface area contributed by atoms with Crippen molar-refractivity contribution in [2.45, 2.75) is 20.3 Å². The van der Waals surface area contributed by atoms with Gasteiger partial charge in [0.05, 0.1) is 31.7 Å². The maximum Gasteiger partial charge on any atom is 0.235 e. The first-order valence-electron chi connectivity index (χ1n) is 9.31. The Morgan fingerprint density at radius 1 is 1.14 bits per heavy atom. The molecule has 0 aliphatic carbocycles. The monoisotopic (exact) mass is 398 g/mol. The average molecular weight is 398 g/mol. The summed E-state index contributed by atoms with van der Waals surface area (Å²) in [5.74, 6) is 1.57. The summed E-state index contributed by atoms with van der Waals surface area (Å²) < 4.78 is 16.4. The summed E-state index contributed by atoms with van der Waals surface area (Å²) in [7, 11) is 4.85. The van der Waals surface area contributed by atoms with Crippen LogP contribution in [-0.2, 0) is 16.0 Å². The highest BCUT2D eigenvalue weighted by Crippen LogP contribution is 2.37. The molecular formula is C22H26N2O5. The van der Waals surface area contributed by atoms with Crippen LogP contribution < -0.4 is 24.4 Å². The SMILES string of the molecule is COc1ccc(CC(=O)Nc2ccc3c(c2)OCC(C)(C)C(=O)N3C)cc1OC. The second-order valence-electron chi connectivity index (χ2n) is 7.63. The van der Waals surface area contributed by atoms with Crippen LogP contribution in [0.1, 0.15) is 19.4 Å². The van der Waals surface area contributed by atoms with Gasteiger partial charge in [-0.3, -0.25) is 9.59 Å². The summed E-state index contributed by atoms with van der Waals surface area (Å²) in [6, 6.07) is 10.7. The molecule has 2 aromatic carbocycles. The Labute approximate surface area is 170 Å². The van der Waals surface area contributed by atoms with E-state index in [0.29, 0.717) is 28.6 Å². The molecule has 29 heavy (non-hydrogen) atoms. The number of hydrogen-bond acceptors (Lipinski definition) is 5. The third-order valence-corrected chi connectivity index (χ3v) is 4.89. The van der Waals surface area contributed by atoms with Gasteiger partial charge in [0.15, 0.2) is 11.5 Å². The molecule has 0 atom stereocenters. The minimum Gasteiger partial charge on any atom is -0.493 e. The first-order chi connectivity index (χ1) is 13.7. The maximum absolute atomic E-state index is 12.6. The lowest BCUT2D eigenvalue weighted by Gasteiger charge is -2.24. The molecule has 1 N–H and O–H groups in total. The van der Waals surface area contributed by atoms with Gasteiger partial charge in [0, 0.05) is 18.8 Å². The summed E-state index contributed by atoms with van der Waals surface area (Å²) >= 11 is 0. The van der Waals surface area contributed by atoms with E-state index in [1.165, 1.54) is 0 Å². The van der Waals surface area contributed by atoms with Crippen molar-refractivity contribution in [2.24, 2.45) is 5.41 Å². The first-order valence-corrected chi connectivity index (χ1v) is 9.31. The number of benzene rings is 2. The Morgan fingerprint density at radius 2 is 1.86 bits per heavy atom. The Bertz CT molecular complexity index is 939. The standard InChI is InChI=1S/C22H26N2O5/c1-22(2)13-29-18-12-15(7-8-16(18)24(3)21(22)26)23-20(25)11-14-6-9-17(27-4)19(10-14)28-5/h6-10,12H,11,13H2,1-5H3,(H,23,25). The molecule has 2 aromatic rings. The molecule has 0 bridgehead atoms. The second-order valence-corrected chi connectivity index (χ2v) is 7.63. The highest BCUT2D eigenvalue weighted by molar-refractivity contribution is 5.99. The topological polar surface area (TPSA) is 77.1 Å². The number of nitrogens with one attached hydrogen (secondary N) is 1. The van der Waals surface area contributed by atoms with Crippen molar-refractivity contribution >= 4 is 23.2 Å². The number of fused-ring (bicyclic) bond motifs is 1. The van der Waals surface area contributed by atoms with Gasteiger partial charge in [0.25, 0.3) is 0 Å². The van der Waals surface area contributed by atoms with E-state index in [0.717, 1.165) is 5.56 Å². The van der Waals surface area contributed by atoms with Crippen LogP contribution in [0.5, 0.6) is 17.2 Å². The molecule has 0 saturated carbocycles. The van der Waals surface area contributed by atoms with E-state index in [4.69, 9.17) is 14.2 Å². The van der Waals surface area contributed by atoms with Crippen LogP contribution in [0.25, 0.3) is 0 Å². The van der Waals surface area contributed by atoms with E-state index in [1.54, 1.807) is 56.5 Å². The predicted molar refractivity (Wildman–Crippen MR) is 111 cm³/mol.